The smallest absolute Gasteiger partial charge is 0.318 e. The van der Waals surface area contributed by atoms with Gasteiger partial charge in [-0.25, -0.2) is 14.2 Å². The fourth-order valence-corrected chi connectivity index (χ4v) is 8.87. The van der Waals surface area contributed by atoms with E-state index in [1.165, 1.54) is 12.1 Å². The van der Waals surface area contributed by atoms with Gasteiger partial charge in [-0.05, 0) is 112 Å². The first-order chi connectivity index (χ1) is 26.7. The Balaban J connectivity index is 0.878. The van der Waals surface area contributed by atoms with Crippen LogP contribution in [0.1, 0.15) is 96.7 Å². The average molecular weight is 775 g/mol. The number of imide groups is 1. The van der Waals surface area contributed by atoms with Gasteiger partial charge in [-0.2, -0.15) is 18.3 Å². The molecule has 1 saturated carbocycles. The van der Waals surface area contributed by atoms with Crippen LogP contribution in [0, 0.1) is 18.7 Å². The third-order valence-corrected chi connectivity index (χ3v) is 11.7. The first-order valence-corrected chi connectivity index (χ1v) is 19.0. The van der Waals surface area contributed by atoms with Crippen LogP contribution < -0.4 is 16.3 Å². The highest BCUT2D eigenvalue weighted by molar-refractivity contribution is 6.04. The second-order valence-corrected chi connectivity index (χ2v) is 15.5. The van der Waals surface area contributed by atoms with Gasteiger partial charge >= 0.3 is 11.9 Å². The molecule has 5 aromatic rings. The molecule has 3 fully saturated rings. The summed E-state index contributed by atoms with van der Waals surface area (Å²) in [7, 11) is 1.75. The molecule has 0 bridgehead atoms. The molecule has 0 spiro atoms. The predicted octanol–water partition coefficient (Wildman–Crippen LogP) is 6.39. The number of amides is 3. The molecule has 5 heterocycles. The number of fused-ring (bicyclic) bond motifs is 2. The van der Waals surface area contributed by atoms with Crippen molar-refractivity contribution >= 4 is 45.3 Å². The Morgan fingerprint density at radius 2 is 1.73 bits per heavy atom. The highest BCUT2D eigenvalue weighted by Gasteiger charge is 2.35. The van der Waals surface area contributed by atoms with Crippen LogP contribution in [0.4, 0.5) is 23.2 Å². The predicted molar refractivity (Wildman–Crippen MR) is 200 cm³/mol. The summed E-state index contributed by atoms with van der Waals surface area (Å²) in [5.41, 5.74) is 2.03. The lowest BCUT2D eigenvalue weighted by Gasteiger charge is -2.37. The van der Waals surface area contributed by atoms with Gasteiger partial charge in [0.25, 0.3) is 5.91 Å². The summed E-state index contributed by atoms with van der Waals surface area (Å²) >= 11 is 0. The van der Waals surface area contributed by atoms with Crippen molar-refractivity contribution in [1.82, 2.24) is 34.1 Å². The monoisotopic (exact) mass is 774 g/mol. The number of aromatic nitrogens is 5. The van der Waals surface area contributed by atoms with E-state index < -0.39 is 41.2 Å². The minimum absolute atomic E-state index is 0.127. The second-order valence-electron chi connectivity index (χ2n) is 15.5. The fourth-order valence-electron chi connectivity index (χ4n) is 8.87. The standard InChI is InChI=1S/C40H42F4N8O4/c1-22-16-27(36-33(17-22)52(39(56)49(36)2)32-10-11-35(53)47-38(32)55)24-12-14-50(15-13-24)20-23-6-8-26(9-7-23)51-21-25-18-31(28(41)19-30(25)48-51)46-37(54)29-4-3-5-34(45-29)40(42,43)44/h3-5,16-19,21,23-24,26,32H,6-15,20H2,1-2H3,(H,46,54)(H,47,53,55). The Labute approximate surface area is 318 Å². The molecule has 2 aliphatic heterocycles. The highest BCUT2D eigenvalue weighted by atomic mass is 19.4. The van der Waals surface area contributed by atoms with Crippen molar-refractivity contribution in [3.8, 4) is 0 Å². The van der Waals surface area contributed by atoms with Crippen LogP contribution in [0.5, 0.6) is 0 Å². The molecule has 2 saturated heterocycles. The maximum Gasteiger partial charge on any atom is 0.433 e. The topological polar surface area (TPSA) is 136 Å². The van der Waals surface area contributed by atoms with Crippen LogP contribution in [-0.2, 0) is 22.8 Å². The summed E-state index contributed by atoms with van der Waals surface area (Å²) in [6, 6.07) is 9.16. The van der Waals surface area contributed by atoms with E-state index in [0.717, 1.165) is 98.5 Å². The number of benzene rings is 2. The summed E-state index contributed by atoms with van der Waals surface area (Å²) in [5.74, 6) is -1.68. The molecule has 294 valence electrons. The lowest BCUT2D eigenvalue weighted by molar-refractivity contribution is -0.141. The van der Waals surface area contributed by atoms with Gasteiger partial charge in [0.05, 0.1) is 28.3 Å². The van der Waals surface area contributed by atoms with E-state index in [0.29, 0.717) is 23.2 Å². The van der Waals surface area contributed by atoms with Crippen LogP contribution in [0.2, 0.25) is 0 Å². The molecule has 56 heavy (non-hydrogen) atoms. The first kappa shape index (κ1) is 37.5. The van der Waals surface area contributed by atoms with E-state index in [2.05, 4.69) is 31.7 Å². The summed E-state index contributed by atoms with van der Waals surface area (Å²) in [5, 5.41) is 9.96. The van der Waals surface area contributed by atoms with Crippen molar-refractivity contribution in [1.29, 1.82) is 0 Å². The van der Waals surface area contributed by atoms with Crippen molar-refractivity contribution in [2.45, 2.75) is 82.5 Å². The normalized spacial score (nSPS) is 21.5. The number of nitrogens with zero attached hydrogens (tertiary/aromatic N) is 6. The number of piperidine rings is 2. The van der Waals surface area contributed by atoms with Crippen LogP contribution >= 0.6 is 0 Å². The summed E-state index contributed by atoms with van der Waals surface area (Å²) in [6.45, 7) is 4.86. The number of alkyl halides is 3. The van der Waals surface area contributed by atoms with Crippen molar-refractivity contribution in [2.24, 2.45) is 13.0 Å². The fraction of sp³-hybridized carbons (Fsp3) is 0.450. The molecule has 0 radical (unpaired) electrons. The number of pyridine rings is 1. The number of carbonyl (C=O) groups excluding carboxylic acids is 3. The Morgan fingerprint density at radius 1 is 0.982 bits per heavy atom. The van der Waals surface area contributed by atoms with Gasteiger partial charge in [0.2, 0.25) is 11.8 Å². The van der Waals surface area contributed by atoms with Crippen LogP contribution in [0.25, 0.3) is 21.9 Å². The molecule has 2 N–H and O–H groups in total. The molecule has 1 atom stereocenters. The number of anilines is 1. The maximum absolute atomic E-state index is 15.0. The summed E-state index contributed by atoms with van der Waals surface area (Å²) in [6.07, 6.45) is 3.31. The number of rotatable bonds is 7. The quantitative estimate of drug-likeness (QED) is 0.145. The molecule has 16 heteroatoms. The SMILES string of the molecule is Cc1cc(C2CCN(CC3CCC(n4cc5cc(NC(=O)c6cccc(C(F)(F)F)n6)c(F)cc5n4)CC3)CC2)c2c(c1)n(C1CCC(=O)NC1=O)c(=O)n2C. The summed E-state index contributed by atoms with van der Waals surface area (Å²) in [4.78, 5) is 56.7. The zero-order chi connectivity index (χ0) is 39.5. The highest BCUT2D eigenvalue weighted by Crippen LogP contribution is 2.38. The molecule has 1 aliphatic carbocycles. The van der Waals surface area contributed by atoms with E-state index in [1.807, 2.05) is 23.9 Å². The van der Waals surface area contributed by atoms with E-state index in [4.69, 9.17) is 0 Å². The number of nitrogens with one attached hydrogen (secondary N) is 2. The van der Waals surface area contributed by atoms with E-state index in [9.17, 15) is 32.3 Å². The Hall–Kier alpha value is -5.38. The molecule has 1 unspecified atom stereocenters. The van der Waals surface area contributed by atoms with Crippen LogP contribution in [0.3, 0.4) is 0 Å². The molecular formula is C40H42F4N8O4. The number of imidazole rings is 1. The number of hydrogen-bond acceptors (Lipinski definition) is 7. The third kappa shape index (κ3) is 7.21. The maximum atomic E-state index is 15.0. The van der Waals surface area contributed by atoms with Crippen molar-refractivity contribution in [2.75, 3.05) is 25.0 Å². The lowest BCUT2D eigenvalue weighted by Crippen LogP contribution is -2.44. The minimum Gasteiger partial charge on any atom is -0.318 e. The van der Waals surface area contributed by atoms with E-state index in [1.54, 1.807) is 16.2 Å². The molecule has 3 aromatic heterocycles. The van der Waals surface area contributed by atoms with E-state index >= 15 is 4.39 Å². The number of halogens is 4. The van der Waals surface area contributed by atoms with Crippen molar-refractivity contribution in [3.05, 3.63) is 87.5 Å². The Bertz CT molecular complexity index is 2420. The average Bonchev–Trinajstić information content (AvgIpc) is 3.68. The van der Waals surface area contributed by atoms with Crippen molar-refractivity contribution in [3.63, 3.8) is 0 Å². The number of carbonyl (C=O) groups is 3. The van der Waals surface area contributed by atoms with Gasteiger partial charge in [-0.15, -0.1) is 0 Å². The third-order valence-electron chi connectivity index (χ3n) is 11.7. The molecule has 8 rings (SSSR count). The zero-order valence-corrected chi connectivity index (χ0v) is 31.0. The van der Waals surface area contributed by atoms with Gasteiger partial charge in [0.1, 0.15) is 23.2 Å². The first-order valence-electron chi connectivity index (χ1n) is 19.0. The van der Waals surface area contributed by atoms with Gasteiger partial charge in [-0.3, -0.25) is 33.5 Å². The van der Waals surface area contributed by atoms with Crippen LogP contribution in [-0.4, -0.2) is 66.2 Å². The van der Waals surface area contributed by atoms with Crippen LogP contribution in [0.15, 0.2) is 53.5 Å². The lowest BCUT2D eigenvalue weighted by atomic mass is 9.84. The summed E-state index contributed by atoms with van der Waals surface area (Å²) < 4.78 is 59.3. The van der Waals surface area contributed by atoms with Gasteiger partial charge in [-0.1, -0.05) is 12.1 Å². The van der Waals surface area contributed by atoms with Gasteiger partial charge < -0.3 is 10.2 Å². The molecular weight excluding hydrogens is 732 g/mol. The second kappa shape index (κ2) is 14.6. The van der Waals surface area contributed by atoms with E-state index in [-0.39, 0.29) is 35.7 Å². The zero-order valence-electron chi connectivity index (χ0n) is 31.0. The molecule has 12 nitrogen and oxygen atoms in total. The van der Waals surface area contributed by atoms with Gasteiger partial charge in [0, 0.05) is 37.7 Å². The Morgan fingerprint density at radius 3 is 2.45 bits per heavy atom. The molecule has 3 amide bonds. The minimum atomic E-state index is -4.72. The number of hydrogen-bond donors (Lipinski definition) is 2. The number of aryl methyl sites for hydroxylation is 2. The van der Waals surface area contributed by atoms with Gasteiger partial charge in [0.15, 0.2) is 0 Å². The Kier molecular flexibility index (Phi) is 9.79. The largest absolute Gasteiger partial charge is 0.433 e. The number of likely N-dealkylation sites (tertiary alicyclic amines) is 1. The molecule has 3 aliphatic rings. The van der Waals surface area contributed by atoms with Crippen molar-refractivity contribution < 1.29 is 31.9 Å². The molecule has 2 aromatic carbocycles.